The highest BCUT2D eigenvalue weighted by molar-refractivity contribution is 4.87. The monoisotopic (exact) mass is 186 g/mol. The molecular formula is C10H22N2O. The van der Waals surface area contributed by atoms with Crippen LogP contribution in [0.3, 0.4) is 0 Å². The molecule has 0 bridgehead atoms. The predicted molar refractivity (Wildman–Crippen MR) is 54.7 cm³/mol. The maximum Gasteiger partial charge on any atom is 0.0850 e. The van der Waals surface area contributed by atoms with Crippen LogP contribution in [0.5, 0.6) is 0 Å². The summed E-state index contributed by atoms with van der Waals surface area (Å²) < 4.78 is 5.67. The van der Waals surface area contributed by atoms with Gasteiger partial charge >= 0.3 is 0 Å². The van der Waals surface area contributed by atoms with Crippen molar-refractivity contribution >= 4 is 0 Å². The van der Waals surface area contributed by atoms with Crippen LogP contribution >= 0.6 is 0 Å². The molecule has 0 saturated carbocycles. The van der Waals surface area contributed by atoms with Gasteiger partial charge in [-0.25, -0.2) is 0 Å². The van der Waals surface area contributed by atoms with E-state index < -0.39 is 0 Å². The third-order valence-electron chi connectivity index (χ3n) is 2.90. The van der Waals surface area contributed by atoms with Gasteiger partial charge in [0.05, 0.1) is 12.7 Å². The van der Waals surface area contributed by atoms with E-state index in [4.69, 9.17) is 10.5 Å². The molecular weight excluding hydrogens is 164 g/mol. The van der Waals surface area contributed by atoms with Crippen molar-refractivity contribution in [2.45, 2.75) is 51.9 Å². The second-order valence-corrected chi connectivity index (χ2v) is 4.24. The first-order chi connectivity index (χ1) is 6.07. The molecule has 0 aromatic carbocycles. The zero-order chi connectivity index (χ0) is 10.0. The normalized spacial score (nSPS) is 36.9. The molecule has 0 amide bonds. The molecule has 78 valence electrons. The van der Waals surface area contributed by atoms with Gasteiger partial charge < -0.3 is 10.5 Å². The average Bonchev–Trinajstić information content (AvgIpc) is 2.04. The van der Waals surface area contributed by atoms with Gasteiger partial charge in [0.1, 0.15) is 0 Å². The van der Waals surface area contributed by atoms with Crippen LogP contribution in [0, 0.1) is 0 Å². The van der Waals surface area contributed by atoms with Crippen LogP contribution in [0.15, 0.2) is 0 Å². The van der Waals surface area contributed by atoms with E-state index >= 15 is 0 Å². The van der Waals surface area contributed by atoms with Crippen LogP contribution in [0.25, 0.3) is 0 Å². The maximum atomic E-state index is 5.67. The quantitative estimate of drug-likeness (QED) is 0.694. The number of hydrogen-bond donors (Lipinski definition) is 1. The van der Waals surface area contributed by atoms with E-state index in [1.54, 1.807) is 0 Å². The van der Waals surface area contributed by atoms with Crippen molar-refractivity contribution in [1.29, 1.82) is 0 Å². The molecule has 0 aromatic heterocycles. The van der Waals surface area contributed by atoms with E-state index in [0.29, 0.717) is 24.7 Å². The number of rotatable bonds is 2. The lowest BCUT2D eigenvalue weighted by Crippen LogP contribution is -2.58. The number of ether oxygens (including phenoxy) is 1. The number of hydrogen-bond acceptors (Lipinski definition) is 3. The second kappa shape index (κ2) is 4.40. The average molecular weight is 186 g/mol. The van der Waals surface area contributed by atoms with Gasteiger partial charge in [0.15, 0.2) is 0 Å². The van der Waals surface area contributed by atoms with Gasteiger partial charge in [-0.05, 0) is 27.7 Å². The summed E-state index contributed by atoms with van der Waals surface area (Å²) in [4.78, 5) is 2.49. The van der Waals surface area contributed by atoms with Crippen molar-refractivity contribution in [1.82, 2.24) is 4.90 Å². The van der Waals surface area contributed by atoms with Crippen LogP contribution < -0.4 is 5.73 Å². The molecule has 2 N–H and O–H groups in total. The molecule has 3 atom stereocenters. The highest BCUT2D eigenvalue weighted by Gasteiger charge is 2.33. The lowest BCUT2D eigenvalue weighted by molar-refractivity contribution is -0.100. The zero-order valence-corrected chi connectivity index (χ0v) is 9.16. The molecule has 3 nitrogen and oxygen atoms in total. The predicted octanol–water partition coefficient (Wildman–Crippen LogP) is 0.831. The molecule has 0 aromatic rings. The Labute approximate surface area is 81.2 Å². The summed E-state index contributed by atoms with van der Waals surface area (Å²) >= 11 is 0. The molecule has 1 rings (SSSR count). The van der Waals surface area contributed by atoms with E-state index in [9.17, 15) is 0 Å². The second-order valence-electron chi connectivity index (χ2n) is 4.24. The fourth-order valence-corrected chi connectivity index (χ4v) is 2.33. The van der Waals surface area contributed by atoms with Crippen molar-refractivity contribution in [3.63, 3.8) is 0 Å². The van der Waals surface area contributed by atoms with E-state index in [1.807, 2.05) is 0 Å². The van der Waals surface area contributed by atoms with Crippen molar-refractivity contribution in [3.8, 4) is 0 Å². The van der Waals surface area contributed by atoms with E-state index in [1.165, 1.54) is 0 Å². The summed E-state index contributed by atoms with van der Waals surface area (Å²) in [6, 6.07) is 1.52. The van der Waals surface area contributed by atoms with Crippen LogP contribution in [0.2, 0.25) is 0 Å². The Morgan fingerprint density at radius 2 is 2.08 bits per heavy atom. The van der Waals surface area contributed by atoms with Gasteiger partial charge in [-0.3, -0.25) is 4.90 Å². The van der Waals surface area contributed by atoms with E-state index in [-0.39, 0.29) is 6.10 Å². The van der Waals surface area contributed by atoms with Crippen molar-refractivity contribution in [2.24, 2.45) is 5.73 Å². The van der Waals surface area contributed by atoms with Gasteiger partial charge in [0.25, 0.3) is 0 Å². The van der Waals surface area contributed by atoms with Gasteiger partial charge in [0, 0.05) is 24.7 Å². The van der Waals surface area contributed by atoms with Crippen LogP contribution in [-0.2, 0) is 4.74 Å². The minimum absolute atomic E-state index is 0.207. The number of nitrogens with two attached hydrogens (primary N) is 1. The molecule has 1 heterocycles. The first kappa shape index (κ1) is 11.0. The van der Waals surface area contributed by atoms with Gasteiger partial charge in [0.2, 0.25) is 0 Å². The molecule has 0 radical (unpaired) electrons. The lowest BCUT2D eigenvalue weighted by atomic mass is 10.0. The maximum absolute atomic E-state index is 5.67. The summed E-state index contributed by atoms with van der Waals surface area (Å²) in [5.74, 6) is 0. The molecule has 1 aliphatic rings. The summed E-state index contributed by atoms with van der Waals surface area (Å²) in [5.41, 5.74) is 5.65. The van der Waals surface area contributed by atoms with Crippen molar-refractivity contribution in [2.75, 3.05) is 13.2 Å². The highest BCUT2D eigenvalue weighted by atomic mass is 16.5. The summed E-state index contributed by atoms with van der Waals surface area (Å²) in [6.45, 7) is 10.3. The standard InChI is InChI=1S/C10H22N2O/c1-7(2)12-8(3)6-13-10(5-11)9(12)4/h7-10H,5-6,11H2,1-4H3. The molecule has 1 aliphatic heterocycles. The Hall–Kier alpha value is -0.120. The van der Waals surface area contributed by atoms with Gasteiger partial charge in [-0.2, -0.15) is 0 Å². The SMILES string of the molecule is CC(C)N1C(C)COC(CN)C1C. The molecule has 3 unspecified atom stereocenters. The number of nitrogens with zero attached hydrogens (tertiary/aromatic N) is 1. The fourth-order valence-electron chi connectivity index (χ4n) is 2.33. The topological polar surface area (TPSA) is 38.5 Å². The van der Waals surface area contributed by atoms with Crippen LogP contribution in [0.1, 0.15) is 27.7 Å². The molecule has 1 fully saturated rings. The molecule has 1 saturated heterocycles. The molecule has 0 spiro atoms. The third kappa shape index (κ3) is 2.22. The molecule has 3 heteroatoms. The number of morpholine rings is 1. The minimum atomic E-state index is 0.207. The summed E-state index contributed by atoms with van der Waals surface area (Å²) in [7, 11) is 0. The summed E-state index contributed by atoms with van der Waals surface area (Å²) in [6.07, 6.45) is 0.207. The van der Waals surface area contributed by atoms with Crippen molar-refractivity contribution < 1.29 is 4.74 Å². The fraction of sp³-hybridized carbons (Fsp3) is 1.00. The third-order valence-corrected chi connectivity index (χ3v) is 2.90. The zero-order valence-electron chi connectivity index (χ0n) is 9.16. The smallest absolute Gasteiger partial charge is 0.0850 e. The summed E-state index contributed by atoms with van der Waals surface area (Å²) in [5, 5.41) is 0. The Bertz CT molecular complexity index is 161. The molecule has 13 heavy (non-hydrogen) atoms. The first-order valence-corrected chi connectivity index (χ1v) is 5.17. The van der Waals surface area contributed by atoms with Crippen LogP contribution in [-0.4, -0.2) is 42.3 Å². The Morgan fingerprint density at radius 1 is 1.46 bits per heavy atom. The van der Waals surface area contributed by atoms with E-state index in [2.05, 4.69) is 32.6 Å². The largest absolute Gasteiger partial charge is 0.374 e. The first-order valence-electron chi connectivity index (χ1n) is 5.17. The van der Waals surface area contributed by atoms with Gasteiger partial charge in [-0.1, -0.05) is 0 Å². The minimum Gasteiger partial charge on any atom is -0.374 e. The highest BCUT2D eigenvalue weighted by Crippen LogP contribution is 2.20. The Morgan fingerprint density at radius 3 is 2.54 bits per heavy atom. The Kier molecular flexibility index (Phi) is 3.71. The lowest BCUT2D eigenvalue weighted by Gasteiger charge is -2.45. The van der Waals surface area contributed by atoms with Gasteiger partial charge in [-0.15, -0.1) is 0 Å². The van der Waals surface area contributed by atoms with Crippen molar-refractivity contribution in [3.05, 3.63) is 0 Å². The van der Waals surface area contributed by atoms with Crippen LogP contribution in [0.4, 0.5) is 0 Å². The van der Waals surface area contributed by atoms with E-state index in [0.717, 1.165) is 6.61 Å². The molecule has 0 aliphatic carbocycles. The Balaban J connectivity index is 2.66.